The van der Waals surface area contributed by atoms with E-state index in [9.17, 15) is 14.7 Å². The van der Waals surface area contributed by atoms with Crippen molar-refractivity contribution in [3.05, 3.63) is 34.0 Å². The lowest BCUT2D eigenvalue weighted by atomic mass is 9.82. The first kappa shape index (κ1) is 14.3. The molecule has 3 rings (SSSR count). The van der Waals surface area contributed by atoms with Crippen LogP contribution in [0.25, 0.3) is 0 Å². The molecule has 5 heteroatoms. The lowest BCUT2D eigenvalue weighted by Crippen LogP contribution is -2.39. The van der Waals surface area contributed by atoms with Gasteiger partial charge < -0.3 is 10.4 Å². The number of aliphatic carboxylic acids is 1. The molecule has 4 atom stereocenters. The summed E-state index contributed by atoms with van der Waals surface area (Å²) in [5.74, 6) is -1.83. The second kappa shape index (κ2) is 5.64. The van der Waals surface area contributed by atoms with E-state index in [4.69, 9.17) is 0 Å². The number of carboxylic acids is 1. The zero-order valence-electron chi connectivity index (χ0n) is 11.9. The maximum absolute atomic E-state index is 12.4. The Bertz CT molecular complexity index is 592. The highest BCUT2D eigenvalue weighted by molar-refractivity contribution is 7.10. The first-order valence-corrected chi connectivity index (χ1v) is 8.23. The van der Waals surface area contributed by atoms with Gasteiger partial charge in [0.1, 0.15) is 0 Å². The molecule has 112 valence electrons. The third-order valence-corrected chi connectivity index (χ3v) is 5.65. The summed E-state index contributed by atoms with van der Waals surface area (Å²) in [6, 6.07) is 2.08. The molecule has 1 fully saturated rings. The molecule has 21 heavy (non-hydrogen) atoms. The number of carbonyl (C=O) groups excluding carboxylic acids is 1. The Morgan fingerprint density at radius 2 is 2.05 bits per heavy atom. The van der Waals surface area contributed by atoms with E-state index in [0.717, 1.165) is 17.7 Å². The van der Waals surface area contributed by atoms with Crippen LogP contribution in [0.3, 0.4) is 0 Å². The summed E-state index contributed by atoms with van der Waals surface area (Å²) in [5.41, 5.74) is 1.25. The molecule has 2 aliphatic rings. The number of amides is 1. The van der Waals surface area contributed by atoms with Crippen LogP contribution in [0.15, 0.2) is 23.6 Å². The number of hydrogen-bond donors (Lipinski definition) is 2. The fourth-order valence-electron chi connectivity index (χ4n) is 3.64. The van der Waals surface area contributed by atoms with Crippen LogP contribution in [0.1, 0.15) is 23.8 Å². The van der Waals surface area contributed by atoms with Gasteiger partial charge in [0, 0.05) is 4.88 Å². The van der Waals surface area contributed by atoms with Crippen LogP contribution in [0.4, 0.5) is 0 Å². The Kier molecular flexibility index (Phi) is 3.85. The average Bonchev–Trinajstić information content (AvgIpc) is 3.18. The van der Waals surface area contributed by atoms with Gasteiger partial charge >= 0.3 is 5.97 Å². The minimum Gasteiger partial charge on any atom is -0.481 e. The van der Waals surface area contributed by atoms with Crippen molar-refractivity contribution >= 4 is 23.2 Å². The van der Waals surface area contributed by atoms with Crippen molar-refractivity contribution in [2.24, 2.45) is 23.7 Å². The summed E-state index contributed by atoms with van der Waals surface area (Å²) in [6.07, 6.45) is 5.72. The minimum atomic E-state index is -0.850. The van der Waals surface area contributed by atoms with E-state index < -0.39 is 17.8 Å². The number of carboxylic acid groups (broad SMARTS) is 1. The van der Waals surface area contributed by atoms with Crippen LogP contribution >= 0.6 is 11.3 Å². The van der Waals surface area contributed by atoms with E-state index in [2.05, 4.69) is 18.3 Å². The summed E-state index contributed by atoms with van der Waals surface area (Å²) in [7, 11) is 0. The van der Waals surface area contributed by atoms with Gasteiger partial charge in [-0.1, -0.05) is 19.1 Å². The smallest absolute Gasteiger partial charge is 0.307 e. The molecule has 1 saturated carbocycles. The number of nitrogens with one attached hydrogen (secondary N) is 1. The van der Waals surface area contributed by atoms with Crippen molar-refractivity contribution < 1.29 is 14.7 Å². The number of allylic oxidation sites excluding steroid dienone is 2. The van der Waals surface area contributed by atoms with Crippen LogP contribution in [0, 0.1) is 23.7 Å². The van der Waals surface area contributed by atoms with E-state index in [0.29, 0.717) is 6.54 Å². The summed E-state index contributed by atoms with van der Waals surface area (Å²) >= 11 is 1.64. The van der Waals surface area contributed by atoms with Crippen LogP contribution < -0.4 is 5.32 Å². The van der Waals surface area contributed by atoms with Crippen molar-refractivity contribution in [2.75, 3.05) is 0 Å². The Balaban J connectivity index is 1.68. The predicted molar refractivity (Wildman–Crippen MR) is 80.9 cm³/mol. The molecule has 1 amide bonds. The third-order valence-electron chi connectivity index (χ3n) is 4.69. The monoisotopic (exact) mass is 305 g/mol. The Morgan fingerprint density at radius 3 is 2.71 bits per heavy atom. The highest BCUT2D eigenvalue weighted by Crippen LogP contribution is 2.48. The number of aryl methyl sites for hydroxylation is 1. The minimum absolute atomic E-state index is 0.0243. The first-order chi connectivity index (χ1) is 10.1. The molecule has 2 unspecified atom stereocenters. The van der Waals surface area contributed by atoms with Crippen molar-refractivity contribution in [3.8, 4) is 0 Å². The quantitative estimate of drug-likeness (QED) is 0.821. The molecule has 1 heterocycles. The molecule has 0 radical (unpaired) electrons. The van der Waals surface area contributed by atoms with Gasteiger partial charge in [-0.05, 0) is 41.7 Å². The second-order valence-corrected chi connectivity index (χ2v) is 6.78. The molecular weight excluding hydrogens is 286 g/mol. The van der Waals surface area contributed by atoms with Crippen LogP contribution in [0.5, 0.6) is 0 Å². The fourth-order valence-corrected chi connectivity index (χ4v) is 4.55. The first-order valence-electron chi connectivity index (χ1n) is 7.36. The average molecular weight is 305 g/mol. The predicted octanol–water partition coefficient (Wildman–Crippen LogP) is 2.45. The number of fused-ring (bicyclic) bond motifs is 2. The van der Waals surface area contributed by atoms with E-state index in [1.807, 2.05) is 17.5 Å². The van der Waals surface area contributed by atoms with Gasteiger partial charge in [-0.3, -0.25) is 9.59 Å². The SMILES string of the molecule is CCc1ccsc1CNC(=O)[C@H]1C2C=CC(C2)[C@H]1C(=O)O. The molecular formula is C16H19NO3S. The molecule has 2 bridgehead atoms. The maximum atomic E-state index is 12.4. The second-order valence-electron chi connectivity index (χ2n) is 5.78. The molecule has 1 aromatic heterocycles. The standard InChI is InChI=1S/C16H19NO3S/c1-2-9-5-6-21-12(9)8-17-15(18)13-10-3-4-11(7-10)14(13)16(19)20/h3-6,10-11,13-14H,2,7-8H2,1H3,(H,17,18)(H,19,20)/t10?,11?,13-,14+/m0/s1. The Labute approximate surface area is 127 Å². The van der Waals surface area contributed by atoms with Gasteiger partial charge in [0.25, 0.3) is 0 Å². The largest absolute Gasteiger partial charge is 0.481 e. The number of carbonyl (C=O) groups is 2. The molecule has 0 spiro atoms. The van der Waals surface area contributed by atoms with Crippen LogP contribution in [-0.2, 0) is 22.6 Å². The molecule has 1 aromatic rings. The van der Waals surface area contributed by atoms with Crippen molar-refractivity contribution in [1.29, 1.82) is 0 Å². The molecule has 0 aromatic carbocycles. The third kappa shape index (κ3) is 2.50. The highest BCUT2D eigenvalue weighted by atomic mass is 32.1. The van der Waals surface area contributed by atoms with Crippen molar-refractivity contribution in [2.45, 2.75) is 26.3 Å². The summed E-state index contributed by atoms with van der Waals surface area (Å²) in [6.45, 7) is 2.60. The van der Waals surface area contributed by atoms with Crippen molar-refractivity contribution in [3.63, 3.8) is 0 Å². The van der Waals surface area contributed by atoms with E-state index in [1.54, 1.807) is 11.3 Å². The topological polar surface area (TPSA) is 66.4 Å². The Hall–Kier alpha value is -1.62. The van der Waals surface area contributed by atoms with Crippen LogP contribution in [0.2, 0.25) is 0 Å². The van der Waals surface area contributed by atoms with Gasteiger partial charge in [-0.25, -0.2) is 0 Å². The normalized spacial score (nSPS) is 29.8. The van der Waals surface area contributed by atoms with Crippen molar-refractivity contribution in [1.82, 2.24) is 5.32 Å². The van der Waals surface area contributed by atoms with E-state index >= 15 is 0 Å². The Morgan fingerprint density at radius 1 is 1.33 bits per heavy atom. The highest BCUT2D eigenvalue weighted by Gasteiger charge is 2.51. The summed E-state index contributed by atoms with van der Waals surface area (Å²) in [4.78, 5) is 25.0. The van der Waals surface area contributed by atoms with E-state index in [-0.39, 0.29) is 17.7 Å². The molecule has 0 aliphatic heterocycles. The van der Waals surface area contributed by atoms with Crippen LogP contribution in [-0.4, -0.2) is 17.0 Å². The van der Waals surface area contributed by atoms with Gasteiger partial charge in [0.05, 0.1) is 18.4 Å². The number of hydrogen-bond acceptors (Lipinski definition) is 3. The zero-order chi connectivity index (χ0) is 15.0. The van der Waals surface area contributed by atoms with Gasteiger partial charge in [-0.2, -0.15) is 0 Å². The molecule has 2 aliphatic carbocycles. The van der Waals surface area contributed by atoms with Gasteiger partial charge in [0.2, 0.25) is 5.91 Å². The summed E-state index contributed by atoms with van der Waals surface area (Å²) < 4.78 is 0. The number of rotatable bonds is 5. The van der Waals surface area contributed by atoms with Gasteiger partial charge in [0.15, 0.2) is 0 Å². The fraction of sp³-hybridized carbons (Fsp3) is 0.500. The molecule has 4 nitrogen and oxygen atoms in total. The molecule has 0 saturated heterocycles. The van der Waals surface area contributed by atoms with Gasteiger partial charge in [-0.15, -0.1) is 11.3 Å². The maximum Gasteiger partial charge on any atom is 0.307 e. The molecule has 2 N–H and O–H groups in total. The lowest BCUT2D eigenvalue weighted by Gasteiger charge is -2.23. The van der Waals surface area contributed by atoms with E-state index in [1.165, 1.54) is 5.56 Å². The number of thiophene rings is 1. The zero-order valence-corrected chi connectivity index (χ0v) is 12.7. The summed E-state index contributed by atoms with van der Waals surface area (Å²) in [5, 5.41) is 14.4. The lowest BCUT2D eigenvalue weighted by molar-refractivity contribution is -0.147.